The predicted molar refractivity (Wildman–Crippen MR) is 75.6 cm³/mol. The van der Waals surface area contributed by atoms with Crippen molar-refractivity contribution in [3.8, 4) is 0 Å². The van der Waals surface area contributed by atoms with E-state index in [-0.39, 0.29) is 16.8 Å². The SMILES string of the molecule is COC(=O)[C@@]1(C)CCC2=CCC3(C)C2=C1CCC3C. The molecule has 2 unspecified atom stereocenters. The van der Waals surface area contributed by atoms with Crippen LogP contribution in [0.3, 0.4) is 0 Å². The van der Waals surface area contributed by atoms with Gasteiger partial charge in [-0.1, -0.05) is 19.9 Å². The van der Waals surface area contributed by atoms with Crippen LogP contribution in [0.5, 0.6) is 0 Å². The van der Waals surface area contributed by atoms with Crippen molar-refractivity contribution >= 4 is 5.97 Å². The molecule has 2 heteroatoms. The van der Waals surface area contributed by atoms with Crippen LogP contribution in [0.4, 0.5) is 0 Å². The second kappa shape index (κ2) is 3.97. The molecule has 0 aromatic carbocycles. The monoisotopic (exact) mass is 260 g/mol. The topological polar surface area (TPSA) is 26.3 Å². The van der Waals surface area contributed by atoms with Crippen LogP contribution in [0.2, 0.25) is 0 Å². The number of ether oxygens (including phenoxy) is 1. The van der Waals surface area contributed by atoms with E-state index in [9.17, 15) is 4.79 Å². The third-order valence-electron chi connectivity index (χ3n) is 6.08. The summed E-state index contributed by atoms with van der Waals surface area (Å²) in [4.78, 5) is 12.3. The normalized spacial score (nSPS) is 40.8. The average Bonchev–Trinajstić information content (AvgIpc) is 2.75. The summed E-state index contributed by atoms with van der Waals surface area (Å²) >= 11 is 0. The molecule has 3 aliphatic rings. The number of allylic oxidation sites excluding steroid dienone is 3. The zero-order chi connectivity index (χ0) is 13.8. The summed E-state index contributed by atoms with van der Waals surface area (Å²) in [5, 5.41) is 0. The highest BCUT2D eigenvalue weighted by molar-refractivity contribution is 5.82. The molecular weight excluding hydrogens is 236 g/mol. The first-order valence-electron chi connectivity index (χ1n) is 7.45. The summed E-state index contributed by atoms with van der Waals surface area (Å²) in [5.74, 6) is 0.665. The first-order valence-corrected chi connectivity index (χ1v) is 7.45. The Hall–Kier alpha value is -1.05. The van der Waals surface area contributed by atoms with Crippen LogP contribution < -0.4 is 0 Å². The lowest BCUT2D eigenvalue weighted by molar-refractivity contribution is -0.150. The van der Waals surface area contributed by atoms with Gasteiger partial charge in [-0.2, -0.15) is 0 Å². The van der Waals surface area contributed by atoms with E-state index in [2.05, 4.69) is 26.8 Å². The first kappa shape index (κ1) is 13.0. The zero-order valence-electron chi connectivity index (χ0n) is 12.5. The van der Waals surface area contributed by atoms with Gasteiger partial charge in [0.25, 0.3) is 0 Å². The van der Waals surface area contributed by atoms with E-state index in [1.807, 2.05) is 0 Å². The number of carbonyl (C=O) groups excluding carboxylic acids is 1. The van der Waals surface area contributed by atoms with Crippen molar-refractivity contribution in [3.63, 3.8) is 0 Å². The van der Waals surface area contributed by atoms with E-state index in [1.54, 1.807) is 0 Å². The molecule has 0 amide bonds. The minimum absolute atomic E-state index is 0.0437. The van der Waals surface area contributed by atoms with Crippen LogP contribution in [0.1, 0.15) is 52.9 Å². The fourth-order valence-electron chi connectivity index (χ4n) is 4.46. The van der Waals surface area contributed by atoms with E-state index >= 15 is 0 Å². The molecule has 19 heavy (non-hydrogen) atoms. The summed E-state index contributed by atoms with van der Waals surface area (Å²) in [5.41, 5.74) is 4.30. The van der Waals surface area contributed by atoms with Crippen molar-refractivity contribution in [3.05, 3.63) is 22.8 Å². The molecule has 3 atom stereocenters. The fourth-order valence-corrected chi connectivity index (χ4v) is 4.46. The van der Waals surface area contributed by atoms with Crippen molar-refractivity contribution in [2.75, 3.05) is 7.11 Å². The second-order valence-electron chi connectivity index (χ2n) is 6.97. The number of hydrogen-bond donors (Lipinski definition) is 0. The largest absolute Gasteiger partial charge is 0.468 e. The Morgan fingerprint density at radius 2 is 2.11 bits per heavy atom. The third kappa shape index (κ3) is 1.52. The number of methoxy groups -OCH3 is 1. The standard InChI is InChI=1S/C17H24O2/c1-11-5-6-13-14-12(7-9-16(11,14)2)8-10-17(13,3)15(18)19-4/h7,11H,5-6,8-10H2,1-4H3/t11?,16?,17-/m0/s1. The lowest BCUT2D eigenvalue weighted by Gasteiger charge is -2.47. The molecule has 2 nitrogen and oxygen atoms in total. The summed E-state index contributed by atoms with van der Waals surface area (Å²) in [6, 6.07) is 0. The molecule has 0 saturated heterocycles. The van der Waals surface area contributed by atoms with Gasteiger partial charge in [-0.25, -0.2) is 0 Å². The Kier molecular flexibility index (Phi) is 2.71. The summed E-state index contributed by atoms with van der Waals surface area (Å²) in [6.07, 6.45) is 7.78. The van der Waals surface area contributed by atoms with Gasteiger partial charge in [0.05, 0.1) is 12.5 Å². The zero-order valence-corrected chi connectivity index (χ0v) is 12.5. The van der Waals surface area contributed by atoms with E-state index < -0.39 is 0 Å². The molecule has 0 aromatic rings. The van der Waals surface area contributed by atoms with Gasteiger partial charge in [0.15, 0.2) is 0 Å². The van der Waals surface area contributed by atoms with Gasteiger partial charge in [-0.3, -0.25) is 4.79 Å². The van der Waals surface area contributed by atoms with E-state index in [1.165, 1.54) is 30.2 Å². The van der Waals surface area contributed by atoms with Crippen LogP contribution in [0, 0.1) is 16.7 Å². The lowest BCUT2D eigenvalue weighted by atomic mass is 9.57. The number of hydrogen-bond acceptors (Lipinski definition) is 2. The Balaban J connectivity index is 2.17. The Morgan fingerprint density at radius 1 is 1.37 bits per heavy atom. The molecule has 0 spiro atoms. The molecule has 3 aliphatic carbocycles. The van der Waals surface area contributed by atoms with Gasteiger partial charge in [-0.15, -0.1) is 0 Å². The number of carbonyl (C=O) groups is 1. The van der Waals surface area contributed by atoms with Gasteiger partial charge in [0, 0.05) is 0 Å². The van der Waals surface area contributed by atoms with Gasteiger partial charge in [0.1, 0.15) is 0 Å². The van der Waals surface area contributed by atoms with Crippen molar-refractivity contribution in [1.29, 1.82) is 0 Å². The van der Waals surface area contributed by atoms with Gasteiger partial charge in [-0.05, 0) is 67.1 Å². The van der Waals surface area contributed by atoms with Crippen LogP contribution in [0.15, 0.2) is 22.8 Å². The minimum Gasteiger partial charge on any atom is -0.468 e. The van der Waals surface area contributed by atoms with Crippen LogP contribution in [0.25, 0.3) is 0 Å². The minimum atomic E-state index is -0.382. The second-order valence-corrected chi connectivity index (χ2v) is 6.97. The molecule has 0 saturated carbocycles. The number of rotatable bonds is 1. The highest BCUT2D eigenvalue weighted by Gasteiger charge is 2.52. The molecule has 0 radical (unpaired) electrons. The molecular formula is C17H24O2. The van der Waals surface area contributed by atoms with Crippen LogP contribution >= 0.6 is 0 Å². The maximum atomic E-state index is 12.3. The van der Waals surface area contributed by atoms with E-state index in [4.69, 9.17) is 4.74 Å². The predicted octanol–water partition coefficient (Wildman–Crippen LogP) is 4.02. The molecule has 0 heterocycles. The van der Waals surface area contributed by atoms with Crippen molar-refractivity contribution < 1.29 is 9.53 Å². The van der Waals surface area contributed by atoms with Crippen molar-refractivity contribution in [1.82, 2.24) is 0 Å². The molecule has 0 bridgehead atoms. The average molecular weight is 260 g/mol. The fraction of sp³-hybridized carbons (Fsp3) is 0.706. The maximum Gasteiger partial charge on any atom is 0.315 e. The third-order valence-corrected chi connectivity index (χ3v) is 6.08. The number of esters is 1. The van der Waals surface area contributed by atoms with Gasteiger partial charge >= 0.3 is 5.97 Å². The van der Waals surface area contributed by atoms with Crippen molar-refractivity contribution in [2.45, 2.75) is 52.9 Å². The van der Waals surface area contributed by atoms with Crippen molar-refractivity contribution in [2.24, 2.45) is 16.7 Å². The van der Waals surface area contributed by atoms with Gasteiger partial charge in [0.2, 0.25) is 0 Å². The molecule has 0 aliphatic heterocycles. The first-order chi connectivity index (χ1) is 8.93. The molecule has 104 valence electrons. The Labute approximate surface area is 115 Å². The molecule has 3 rings (SSSR count). The summed E-state index contributed by atoms with van der Waals surface area (Å²) < 4.78 is 5.10. The quantitative estimate of drug-likeness (QED) is 0.666. The smallest absolute Gasteiger partial charge is 0.315 e. The molecule has 0 fully saturated rings. The molecule has 0 N–H and O–H groups in total. The summed E-state index contributed by atoms with van der Waals surface area (Å²) in [6.45, 7) is 6.84. The van der Waals surface area contributed by atoms with Crippen LogP contribution in [-0.4, -0.2) is 13.1 Å². The Morgan fingerprint density at radius 3 is 2.79 bits per heavy atom. The van der Waals surface area contributed by atoms with Gasteiger partial charge < -0.3 is 4.74 Å². The van der Waals surface area contributed by atoms with E-state index in [0.717, 1.165) is 25.7 Å². The Bertz CT molecular complexity index is 499. The highest BCUT2D eigenvalue weighted by Crippen LogP contribution is 2.61. The lowest BCUT2D eigenvalue weighted by Crippen LogP contribution is -2.41. The summed E-state index contributed by atoms with van der Waals surface area (Å²) in [7, 11) is 1.52. The highest BCUT2D eigenvalue weighted by atomic mass is 16.5. The maximum absolute atomic E-state index is 12.3. The molecule has 0 aromatic heterocycles. The van der Waals surface area contributed by atoms with Crippen LogP contribution in [-0.2, 0) is 9.53 Å². The van der Waals surface area contributed by atoms with E-state index in [0.29, 0.717) is 5.92 Å².